The highest BCUT2D eigenvalue weighted by Crippen LogP contribution is 2.31. The summed E-state index contributed by atoms with van der Waals surface area (Å²) in [5.41, 5.74) is 0. The quantitative estimate of drug-likeness (QED) is 0.515. The molecule has 0 heterocycles. The topological polar surface area (TPSA) is 17.1 Å². The zero-order valence-electron chi connectivity index (χ0n) is 8.69. The molecule has 0 aliphatic heterocycles. The molecule has 1 unspecified atom stereocenters. The van der Waals surface area contributed by atoms with Gasteiger partial charge in [0.25, 0.3) is 5.92 Å². The van der Waals surface area contributed by atoms with Crippen molar-refractivity contribution in [3.05, 3.63) is 0 Å². The molecule has 0 amide bonds. The number of carbonyl (C=O) groups is 1. The lowest BCUT2D eigenvalue weighted by molar-refractivity contribution is -0.109. The van der Waals surface area contributed by atoms with Crippen molar-refractivity contribution >= 4 is 16.9 Å². The molecule has 0 saturated carbocycles. The standard InChI is InChI=1S/C9H13F5OS/c1-6(15)16-4-2-3-9(13,14)7(10)5-8(11)12/h7-8H,2-5H2,1H3. The van der Waals surface area contributed by atoms with Gasteiger partial charge < -0.3 is 0 Å². The van der Waals surface area contributed by atoms with Crippen LogP contribution in [0.25, 0.3) is 0 Å². The van der Waals surface area contributed by atoms with Crippen LogP contribution in [0.1, 0.15) is 26.2 Å². The van der Waals surface area contributed by atoms with Crippen LogP contribution in [0.4, 0.5) is 22.0 Å². The molecular weight excluding hydrogens is 251 g/mol. The maximum atomic E-state index is 12.9. The minimum atomic E-state index is -3.74. The van der Waals surface area contributed by atoms with Crippen LogP contribution < -0.4 is 0 Å². The average Bonchev–Trinajstić information content (AvgIpc) is 2.11. The fraction of sp³-hybridized carbons (Fsp3) is 0.889. The lowest BCUT2D eigenvalue weighted by Crippen LogP contribution is -2.31. The van der Waals surface area contributed by atoms with Gasteiger partial charge in [-0.05, 0) is 6.42 Å². The molecule has 1 atom stereocenters. The first kappa shape index (κ1) is 15.7. The Morgan fingerprint density at radius 3 is 2.31 bits per heavy atom. The average molecular weight is 264 g/mol. The highest BCUT2D eigenvalue weighted by molar-refractivity contribution is 8.13. The van der Waals surface area contributed by atoms with Gasteiger partial charge in [0.05, 0.1) is 0 Å². The Hall–Kier alpha value is -0.330. The van der Waals surface area contributed by atoms with Gasteiger partial charge >= 0.3 is 0 Å². The van der Waals surface area contributed by atoms with Crippen LogP contribution in [0.5, 0.6) is 0 Å². The van der Waals surface area contributed by atoms with Gasteiger partial charge in [0.1, 0.15) is 0 Å². The molecule has 0 rings (SSSR count). The molecule has 0 aromatic carbocycles. The van der Waals surface area contributed by atoms with E-state index in [-0.39, 0.29) is 17.3 Å². The number of alkyl halides is 5. The van der Waals surface area contributed by atoms with Crippen LogP contribution in [0.3, 0.4) is 0 Å². The Balaban J connectivity index is 3.89. The molecule has 0 fully saturated rings. The summed E-state index contributed by atoms with van der Waals surface area (Å²) in [6, 6.07) is 0. The SMILES string of the molecule is CC(=O)SCCCC(F)(F)C(F)CC(F)F. The fourth-order valence-corrected chi connectivity index (χ4v) is 1.59. The minimum Gasteiger partial charge on any atom is -0.288 e. The number of hydrogen-bond donors (Lipinski definition) is 0. The molecule has 16 heavy (non-hydrogen) atoms. The third-order valence-corrected chi connectivity index (χ3v) is 2.70. The molecule has 0 radical (unpaired) electrons. The minimum absolute atomic E-state index is 0.0824. The summed E-state index contributed by atoms with van der Waals surface area (Å²) in [5.74, 6) is -3.60. The van der Waals surface area contributed by atoms with E-state index in [9.17, 15) is 26.7 Å². The predicted molar refractivity (Wildman–Crippen MR) is 52.8 cm³/mol. The van der Waals surface area contributed by atoms with E-state index in [1.54, 1.807) is 0 Å². The molecule has 0 aliphatic rings. The highest BCUT2D eigenvalue weighted by atomic mass is 32.2. The summed E-state index contributed by atoms with van der Waals surface area (Å²) in [6.07, 6.45) is -8.25. The normalized spacial score (nSPS) is 14.2. The van der Waals surface area contributed by atoms with E-state index >= 15 is 0 Å². The van der Waals surface area contributed by atoms with Crippen molar-refractivity contribution in [3.63, 3.8) is 0 Å². The number of thioether (sulfide) groups is 1. The largest absolute Gasteiger partial charge is 0.288 e. The van der Waals surface area contributed by atoms with E-state index < -0.39 is 31.4 Å². The molecular formula is C9H13F5OS. The third kappa shape index (κ3) is 7.03. The maximum Gasteiger partial charge on any atom is 0.278 e. The molecule has 0 aromatic rings. The second-order valence-electron chi connectivity index (χ2n) is 3.30. The Kier molecular flexibility index (Phi) is 6.94. The van der Waals surface area contributed by atoms with Crippen LogP contribution in [0, 0.1) is 0 Å². The molecule has 0 saturated heterocycles. The van der Waals surface area contributed by atoms with Crippen molar-refractivity contribution in [2.24, 2.45) is 0 Å². The molecule has 0 aromatic heterocycles. The summed E-state index contributed by atoms with van der Waals surface area (Å²) in [4.78, 5) is 10.4. The van der Waals surface area contributed by atoms with Crippen LogP contribution in [-0.2, 0) is 4.79 Å². The second-order valence-corrected chi connectivity index (χ2v) is 4.57. The molecule has 0 N–H and O–H groups in total. The van der Waals surface area contributed by atoms with Crippen molar-refractivity contribution in [3.8, 4) is 0 Å². The molecule has 0 spiro atoms. The first-order chi connectivity index (χ1) is 7.25. The van der Waals surface area contributed by atoms with Gasteiger partial charge in [-0.15, -0.1) is 0 Å². The van der Waals surface area contributed by atoms with E-state index in [1.165, 1.54) is 6.92 Å². The van der Waals surface area contributed by atoms with Crippen molar-refractivity contribution in [1.82, 2.24) is 0 Å². The van der Waals surface area contributed by atoms with Crippen LogP contribution in [0.2, 0.25) is 0 Å². The monoisotopic (exact) mass is 264 g/mol. The molecule has 1 nitrogen and oxygen atoms in total. The van der Waals surface area contributed by atoms with Crippen LogP contribution in [0.15, 0.2) is 0 Å². The van der Waals surface area contributed by atoms with Gasteiger partial charge in [0, 0.05) is 25.5 Å². The van der Waals surface area contributed by atoms with Gasteiger partial charge in [-0.2, -0.15) is 0 Å². The van der Waals surface area contributed by atoms with E-state index in [0.29, 0.717) is 0 Å². The summed E-state index contributed by atoms with van der Waals surface area (Å²) in [5, 5.41) is -0.215. The smallest absolute Gasteiger partial charge is 0.278 e. The Morgan fingerprint density at radius 2 is 1.88 bits per heavy atom. The Labute approximate surface area is 94.8 Å². The van der Waals surface area contributed by atoms with E-state index in [2.05, 4.69) is 0 Å². The fourth-order valence-electron chi connectivity index (χ4n) is 1.01. The lowest BCUT2D eigenvalue weighted by atomic mass is 10.1. The molecule has 7 heteroatoms. The van der Waals surface area contributed by atoms with Crippen molar-refractivity contribution < 1.29 is 26.7 Å². The number of carbonyl (C=O) groups excluding carboxylic acids is 1. The van der Waals surface area contributed by atoms with E-state index in [0.717, 1.165) is 11.8 Å². The molecule has 0 bridgehead atoms. The summed E-state index contributed by atoms with van der Waals surface area (Å²) < 4.78 is 61.9. The Bertz CT molecular complexity index is 222. The van der Waals surface area contributed by atoms with E-state index in [1.807, 2.05) is 0 Å². The predicted octanol–water partition coefficient (Wildman–Crippen LogP) is 3.67. The molecule has 96 valence electrons. The number of halogens is 5. The Morgan fingerprint density at radius 1 is 1.31 bits per heavy atom. The van der Waals surface area contributed by atoms with Crippen molar-refractivity contribution in [2.75, 3.05) is 5.75 Å². The summed E-state index contributed by atoms with van der Waals surface area (Å²) >= 11 is 0.855. The van der Waals surface area contributed by atoms with Gasteiger partial charge in [-0.25, -0.2) is 22.0 Å². The van der Waals surface area contributed by atoms with E-state index in [4.69, 9.17) is 0 Å². The van der Waals surface area contributed by atoms with Gasteiger partial charge in [-0.1, -0.05) is 11.8 Å². The lowest BCUT2D eigenvalue weighted by Gasteiger charge is -2.20. The number of rotatable bonds is 7. The van der Waals surface area contributed by atoms with Crippen molar-refractivity contribution in [2.45, 2.75) is 44.7 Å². The van der Waals surface area contributed by atoms with Crippen LogP contribution >= 0.6 is 11.8 Å². The van der Waals surface area contributed by atoms with Crippen molar-refractivity contribution in [1.29, 1.82) is 0 Å². The van der Waals surface area contributed by atoms with Crippen LogP contribution in [-0.4, -0.2) is 29.4 Å². The van der Waals surface area contributed by atoms with Gasteiger partial charge in [0.2, 0.25) is 6.43 Å². The third-order valence-electron chi connectivity index (χ3n) is 1.80. The first-order valence-corrected chi connectivity index (χ1v) is 5.67. The van der Waals surface area contributed by atoms with Gasteiger partial charge in [0.15, 0.2) is 11.3 Å². The summed E-state index contributed by atoms with van der Waals surface area (Å²) in [6.45, 7) is 1.29. The zero-order chi connectivity index (χ0) is 12.8. The second kappa shape index (κ2) is 7.09. The molecule has 0 aliphatic carbocycles. The maximum absolute atomic E-state index is 12.9. The summed E-state index contributed by atoms with van der Waals surface area (Å²) in [7, 11) is 0. The van der Waals surface area contributed by atoms with Gasteiger partial charge in [-0.3, -0.25) is 4.79 Å². The highest BCUT2D eigenvalue weighted by Gasteiger charge is 2.40. The first-order valence-electron chi connectivity index (χ1n) is 4.69. The number of hydrogen-bond acceptors (Lipinski definition) is 2. The zero-order valence-corrected chi connectivity index (χ0v) is 9.51.